The number of carbonyl (C=O) groups excluding carboxylic acids is 1. The average Bonchev–Trinajstić information content (AvgIpc) is 2.40. The predicted octanol–water partition coefficient (Wildman–Crippen LogP) is 1.57. The summed E-state index contributed by atoms with van der Waals surface area (Å²) in [5, 5.41) is 12.0. The summed E-state index contributed by atoms with van der Waals surface area (Å²) in [7, 11) is 1.49. The Hall–Kier alpha value is -1.18. The molecule has 20 heavy (non-hydrogen) atoms. The van der Waals surface area contributed by atoms with Gasteiger partial charge in [-0.05, 0) is 24.6 Å². The van der Waals surface area contributed by atoms with Crippen LogP contribution in [0.4, 0.5) is 8.78 Å². The van der Waals surface area contributed by atoms with Gasteiger partial charge in [-0.25, -0.2) is 8.78 Å². The largest absolute Gasteiger partial charge is 0.391 e. The molecule has 0 aromatic heterocycles. The molecule has 0 aliphatic heterocycles. The normalized spacial score (nSPS) is 12.2. The Morgan fingerprint density at radius 2 is 2.20 bits per heavy atom. The van der Waals surface area contributed by atoms with Gasteiger partial charge in [0.05, 0.1) is 18.5 Å². The first-order valence-electron chi connectivity index (χ1n) is 6.04. The van der Waals surface area contributed by atoms with E-state index in [1.54, 1.807) is 0 Å². The van der Waals surface area contributed by atoms with E-state index >= 15 is 0 Å². The van der Waals surface area contributed by atoms with Crippen molar-refractivity contribution in [3.63, 3.8) is 0 Å². The molecule has 112 valence electrons. The second kappa shape index (κ2) is 8.89. The van der Waals surface area contributed by atoms with Crippen LogP contribution in [0.15, 0.2) is 23.1 Å². The van der Waals surface area contributed by atoms with Gasteiger partial charge in [-0.3, -0.25) is 4.79 Å². The molecule has 0 saturated carbocycles. The average molecular weight is 305 g/mol. The predicted molar refractivity (Wildman–Crippen MR) is 72.6 cm³/mol. The van der Waals surface area contributed by atoms with Crippen molar-refractivity contribution in [3.05, 3.63) is 29.8 Å². The number of benzene rings is 1. The number of amides is 1. The molecule has 0 bridgehead atoms. The summed E-state index contributed by atoms with van der Waals surface area (Å²) >= 11 is 1.11. The Morgan fingerprint density at radius 1 is 1.45 bits per heavy atom. The number of aliphatic hydroxyl groups is 1. The van der Waals surface area contributed by atoms with E-state index in [1.165, 1.54) is 13.2 Å². The Morgan fingerprint density at radius 3 is 2.85 bits per heavy atom. The van der Waals surface area contributed by atoms with Crippen LogP contribution >= 0.6 is 11.8 Å². The summed E-state index contributed by atoms with van der Waals surface area (Å²) in [6, 6.07) is 3.49. The highest BCUT2D eigenvalue weighted by Crippen LogP contribution is 2.19. The van der Waals surface area contributed by atoms with Gasteiger partial charge in [0.25, 0.3) is 0 Å². The van der Waals surface area contributed by atoms with Gasteiger partial charge in [-0.1, -0.05) is 0 Å². The highest BCUT2D eigenvalue weighted by atomic mass is 32.2. The number of rotatable bonds is 8. The van der Waals surface area contributed by atoms with Crippen LogP contribution < -0.4 is 5.32 Å². The molecule has 1 rings (SSSR count). The minimum absolute atomic E-state index is 0.103. The van der Waals surface area contributed by atoms with E-state index in [1.807, 2.05) is 0 Å². The van der Waals surface area contributed by atoms with Crippen LogP contribution in [0.2, 0.25) is 0 Å². The first-order chi connectivity index (χ1) is 9.52. The third kappa shape index (κ3) is 6.31. The fourth-order valence-corrected chi connectivity index (χ4v) is 2.17. The third-order valence-electron chi connectivity index (χ3n) is 2.42. The standard InChI is InChI=1S/C13H17F2NO3S/c1-19-7-9(17)4-5-16-13(18)8-20-10-2-3-11(14)12(15)6-10/h2-3,6,9,17H,4-5,7-8H2,1H3,(H,16,18). The Bertz CT molecular complexity index is 446. The van der Waals surface area contributed by atoms with Gasteiger partial charge in [0, 0.05) is 18.6 Å². The van der Waals surface area contributed by atoms with Crippen LogP contribution in [-0.4, -0.2) is 43.1 Å². The SMILES string of the molecule is COCC(O)CCNC(=O)CSc1ccc(F)c(F)c1. The van der Waals surface area contributed by atoms with Crippen LogP contribution in [0.3, 0.4) is 0 Å². The van der Waals surface area contributed by atoms with Crippen molar-refractivity contribution < 1.29 is 23.4 Å². The summed E-state index contributed by atoms with van der Waals surface area (Å²) in [4.78, 5) is 12.0. The van der Waals surface area contributed by atoms with E-state index in [9.17, 15) is 18.7 Å². The van der Waals surface area contributed by atoms with Gasteiger partial charge in [0.15, 0.2) is 11.6 Å². The molecule has 4 nitrogen and oxygen atoms in total. The Kier molecular flexibility index (Phi) is 7.50. The van der Waals surface area contributed by atoms with E-state index in [-0.39, 0.29) is 18.3 Å². The Balaban J connectivity index is 2.24. The zero-order valence-corrected chi connectivity index (χ0v) is 11.9. The molecule has 0 spiro atoms. The monoisotopic (exact) mass is 305 g/mol. The molecular weight excluding hydrogens is 288 g/mol. The summed E-state index contributed by atoms with van der Waals surface area (Å²) in [5.74, 6) is -1.97. The smallest absolute Gasteiger partial charge is 0.230 e. The highest BCUT2D eigenvalue weighted by Gasteiger charge is 2.07. The molecule has 2 N–H and O–H groups in total. The number of aliphatic hydroxyl groups excluding tert-OH is 1. The number of carbonyl (C=O) groups is 1. The molecule has 7 heteroatoms. The molecule has 1 aromatic rings. The molecule has 1 amide bonds. The van der Waals surface area contributed by atoms with Crippen LogP contribution in [0.5, 0.6) is 0 Å². The first-order valence-corrected chi connectivity index (χ1v) is 7.03. The molecule has 0 saturated heterocycles. The second-order valence-electron chi connectivity index (χ2n) is 4.11. The molecule has 1 unspecified atom stereocenters. The molecule has 0 fully saturated rings. The molecule has 1 atom stereocenters. The molecule has 0 aliphatic carbocycles. The summed E-state index contributed by atoms with van der Waals surface area (Å²) in [6.07, 6.45) is -0.214. The summed E-state index contributed by atoms with van der Waals surface area (Å²) in [5.41, 5.74) is 0. The van der Waals surface area contributed by atoms with E-state index in [4.69, 9.17) is 4.74 Å². The van der Waals surface area contributed by atoms with E-state index < -0.39 is 17.7 Å². The minimum Gasteiger partial charge on any atom is -0.391 e. The van der Waals surface area contributed by atoms with Gasteiger partial charge in [-0.15, -0.1) is 11.8 Å². The molecule has 0 heterocycles. The maximum atomic E-state index is 12.9. The number of hydrogen-bond acceptors (Lipinski definition) is 4. The van der Waals surface area contributed by atoms with Crippen LogP contribution in [0.25, 0.3) is 0 Å². The second-order valence-corrected chi connectivity index (χ2v) is 5.16. The zero-order chi connectivity index (χ0) is 15.0. The third-order valence-corrected chi connectivity index (χ3v) is 3.41. The quantitative estimate of drug-likeness (QED) is 0.716. The fraction of sp³-hybridized carbons (Fsp3) is 0.462. The first kappa shape index (κ1) is 16.9. The van der Waals surface area contributed by atoms with Crippen LogP contribution in [-0.2, 0) is 9.53 Å². The molecule has 1 aromatic carbocycles. The minimum atomic E-state index is -0.932. The van der Waals surface area contributed by atoms with Gasteiger partial charge in [-0.2, -0.15) is 0 Å². The van der Waals surface area contributed by atoms with Gasteiger partial charge >= 0.3 is 0 Å². The van der Waals surface area contributed by atoms with Crippen molar-refractivity contribution in [2.75, 3.05) is 26.0 Å². The topological polar surface area (TPSA) is 58.6 Å². The lowest BCUT2D eigenvalue weighted by atomic mass is 10.3. The summed E-state index contributed by atoms with van der Waals surface area (Å²) < 4.78 is 30.4. The van der Waals surface area contributed by atoms with Crippen molar-refractivity contribution in [2.45, 2.75) is 17.4 Å². The number of ether oxygens (including phenoxy) is 1. The van der Waals surface area contributed by atoms with Gasteiger partial charge < -0.3 is 15.2 Å². The number of hydrogen-bond donors (Lipinski definition) is 2. The van der Waals surface area contributed by atoms with Crippen molar-refractivity contribution in [2.24, 2.45) is 0 Å². The van der Waals surface area contributed by atoms with Gasteiger partial charge in [0.1, 0.15) is 0 Å². The van der Waals surface area contributed by atoms with Crippen molar-refractivity contribution in [1.29, 1.82) is 0 Å². The van der Waals surface area contributed by atoms with Gasteiger partial charge in [0.2, 0.25) is 5.91 Å². The van der Waals surface area contributed by atoms with Crippen LogP contribution in [0, 0.1) is 11.6 Å². The number of nitrogens with one attached hydrogen (secondary N) is 1. The van der Waals surface area contributed by atoms with Crippen LogP contribution in [0.1, 0.15) is 6.42 Å². The maximum Gasteiger partial charge on any atom is 0.230 e. The van der Waals surface area contributed by atoms with E-state index in [0.717, 1.165) is 23.9 Å². The number of methoxy groups -OCH3 is 1. The van der Waals surface area contributed by atoms with E-state index in [0.29, 0.717) is 17.9 Å². The fourth-order valence-electron chi connectivity index (χ4n) is 1.42. The lowest BCUT2D eigenvalue weighted by Gasteiger charge is -2.10. The van der Waals surface area contributed by atoms with E-state index in [2.05, 4.69) is 5.32 Å². The number of halogens is 2. The maximum absolute atomic E-state index is 12.9. The van der Waals surface area contributed by atoms with Crippen molar-refractivity contribution in [3.8, 4) is 0 Å². The summed E-state index contributed by atoms with van der Waals surface area (Å²) in [6.45, 7) is 0.557. The lowest BCUT2D eigenvalue weighted by molar-refractivity contribution is -0.118. The molecule has 0 aliphatic rings. The molecular formula is C13H17F2NO3S. The highest BCUT2D eigenvalue weighted by molar-refractivity contribution is 8.00. The number of thioether (sulfide) groups is 1. The lowest BCUT2D eigenvalue weighted by Crippen LogP contribution is -2.29. The van der Waals surface area contributed by atoms with Crippen molar-refractivity contribution >= 4 is 17.7 Å². The molecule has 0 radical (unpaired) electrons. The van der Waals surface area contributed by atoms with Crippen molar-refractivity contribution in [1.82, 2.24) is 5.32 Å². The zero-order valence-electron chi connectivity index (χ0n) is 11.1. The Labute approximate surface area is 120 Å².